The molecule has 0 unspecified atom stereocenters. The van der Waals surface area contributed by atoms with Crippen molar-refractivity contribution in [2.24, 2.45) is 0 Å². The van der Waals surface area contributed by atoms with Crippen LogP contribution in [0, 0.1) is 0 Å². The molecular formula is C22H26N4O2. The second-order valence-corrected chi connectivity index (χ2v) is 7.23. The van der Waals surface area contributed by atoms with Gasteiger partial charge in [0, 0.05) is 30.3 Å². The third-order valence-electron chi connectivity index (χ3n) is 4.68. The Morgan fingerprint density at radius 1 is 1.18 bits per heavy atom. The van der Waals surface area contributed by atoms with Crippen LogP contribution in [-0.2, 0) is 13.0 Å². The number of carbonyl (C=O) groups is 1. The molecule has 0 radical (unpaired) electrons. The predicted molar refractivity (Wildman–Crippen MR) is 108 cm³/mol. The second-order valence-electron chi connectivity index (χ2n) is 7.23. The maximum absolute atomic E-state index is 11.4. The minimum atomic E-state index is -0.953. The zero-order valence-electron chi connectivity index (χ0n) is 16.6. The molecule has 0 fully saturated rings. The van der Waals surface area contributed by atoms with E-state index in [0.29, 0.717) is 18.0 Å². The van der Waals surface area contributed by atoms with E-state index >= 15 is 0 Å². The van der Waals surface area contributed by atoms with Gasteiger partial charge in [0.25, 0.3) is 0 Å². The Kier molecular flexibility index (Phi) is 6.19. The molecule has 0 saturated heterocycles. The van der Waals surface area contributed by atoms with Crippen LogP contribution in [0.5, 0.6) is 0 Å². The van der Waals surface area contributed by atoms with Gasteiger partial charge in [-0.25, -0.2) is 14.5 Å². The van der Waals surface area contributed by atoms with Gasteiger partial charge in [-0.3, -0.25) is 4.98 Å². The Bertz CT molecular complexity index is 945. The van der Waals surface area contributed by atoms with Gasteiger partial charge in [-0.1, -0.05) is 51.5 Å². The van der Waals surface area contributed by atoms with Gasteiger partial charge < -0.3 is 5.11 Å². The fourth-order valence-electron chi connectivity index (χ4n) is 3.06. The molecule has 6 heteroatoms. The number of pyridine rings is 1. The monoisotopic (exact) mass is 378 g/mol. The van der Waals surface area contributed by atoms with E-state index in [-0.39, 0.29) is 5.56 Å². The summed E-state index contributed by atoms with van der Waals surface area (Å²) >= 11 is 0. The van der Waals surface area contributed by atoms with Crippen molar-refractivity contribution in [2.75, 3.05) is 0 Å². The first kappa shape index (κ1) is 19.7. The number of aromatic nitrogens is 4. The molecular weight excluding hydrogens is 352 g/mol. The molecule has 2 aromatic heterocycles. The average molecular weight is 378 g/mol. The third kappa shape index (κ3) is 4.44. The largest absolute Gasteiger partial charge is 0.478 e. The number of nitrogens with zero attached hydrogens (tertiary/aromatic N) is 4. The quantitative estimate of drug-likeness (QED) is 0.622. The van der Waals surface area contributed by atoms with E-state index in [1.54, 1.807) is 6.20 Å². The number of carboxylic acid groups (broad SMARTS) is 1. The van der Waals surface area contributed by atoms with Crippen LogP contribution in [-0.4, -0.2) is 30.8 Å². The standard InChI is InChI=1S/C22H26N4O2/c1-4-5-6-20-24-21(15(2)3)25-26(20)14-16-7-9-17(10-8-16)19-13-23-12-11-18(19)22(27)28/h7-13,15H,4-6,14H2,1-3H3,(H,27,28). The van der Waals surface area contributed by atoms with Crippen LogP contribution >= 0.6 is 0 Å². The summed E-state index contributed by atoms with van der Waals surface area (Å²) in [5.74, 6) is 1.24. The molecule has 0 atom stereocenters. The van der Waals surface area contributed by atoms with Crippen LogP contribution in [0.2, 0.25) is 0 Å². The number of hydrogen-bond acceptors (Lipinski definition) is 4. The van der Waals surface area contributed by atoms with Crippen molar-refractivity contribution in [3.8, 4) is 11.1 Å². The summed E-state index contributed by atoms with van der Waals surface area (Å²) in [6.45, 7) is 7.03. The highest BCUT2D eigenvalue weighted by atomic mass is 16.4. The molecule has 0 spiro atoms. The van der Waals surface area contributed by atoms with Crippen molar-refractivity contribution in [3.05, 3.63) is 65.5 Å². The first-order valence-corrected chi connectivity index (χ1v) is 9.69. The van der Waals surface area contributed by atoms with Gasteiger partial charge in [0.15, 0.2) is 5.82 Å². The minimum absolute atomic E-state index is 0.252. The van der Waals surface area contributed by atoms with Gasteiger partial charge in [0.2, 0.25) is 0 Å². The Morgan fingerprint density at radius 2 is 1.93 bits per heavy atom. The maximum atomic E-state index is 11.4. The van der Waals surface area contributed by atoms with Crippen molar-refractivity contribution in [3.63, 3.8) is 0 Å². The number of hydrogen-bond donors (Lipinski definition) is 1. The van der Waals surface area contributed by atoms with Crippen LogP contribution < -0.4 is 0 Å². The van der Waals surface area contributed by atoms with Crippen LogP contribution in [0.15, 0.2) is 42.7 Å². The molecule has 2 heterocycles. The number of unbranched alkanes of at least 4 members (excludes halogenated alkanes) is 1. The summed E-state index contributed by atoms with van der Waals surface area (Å²) in [5, 5.41) is 14.1. The van der Waals surface area contributed by atoms with E-state index in [9.17, 15) is 9.90 Å². The number of benzene rings is 1. The van der Waals surface area contributed by atoms with E-state index in [1.165, 1.54) is 12.3 Å². The van der Waals surface area contributed by atoms with E-state index in [4.69, 9.17) is 10.1 Å². The van der Waals surface area contributed by atoms with Crippen LogP contribution in [0.4, 0.5) is 0 Å². The molecule has 0 aliphatic heterocycles. The molecule has 0 aliphatic carbocycles. The zero-order chi connectivity index (χ0) is 20.1. The summed E-state index contributed by atoms with van der Waals surface area (Å²) in [4.78, 5) is 20.2. The van der Waals surface area contributed by atoms with E-state index in [1.807, 2.05) is 28.9 Å². The predicted octanol–water partition coefficient (Wildman–Crippen LogP) is 4.55. The zero-order valence-corrected chi connectivity index (χ0v) is 16.6. The lowest BCUT2D eigenvalue weighted by Gasteiger charge is -2.09. The van der Waals surface area contributed by atoms with Crippen LogP contribution in [0.1, 0.15) is 67.1 Å². The summed E-state index contributed by atoms with van der Waals surface area (Å²) in [6, 6.07) is 9.41. The van der Waals surface area contributed by atoms with Gasteiger partial charge in [0.1, 0.15) is 5.82 Å². The van der Waals surface area contributed by atoms with E-state index in [0.717, 1.165) is 42.0 Å². The summed E-state index contributed by atoms with van der Waals surface area (Å²) in [6.07, 6.45) is 6.22. The summed E-state index contributed by atoms with van der Waals surface area (Å²) in [7, 11) is 0. The smallest absolute Gasteiger partial charge is 0.336 e. The molecule has 0 bridgehead atoms. The van der Waals surface area contributed by atoms with Crippen molar-refractivity contribution in [1.82, 2.24) is 19.7 Å². The number of carboxylic acids is 1. The Hall–Kier alpha value is -3.02. The van der Waals surface area contributed by atoms with Gasteiger partial charge >= 0.3 is 5.97 Å². The van der Waals surface area contributed by atoms with Gasteiger partial charge in [-0.15, -0.1) is 0 Å². The molecule has 28 heavy (non-hydrogen) atoms. The van der Waals surface area contributed by atoms with Gasteiger partial charge in [0.05, 0.1) is 12.1 Å². The number of aryl methyl sites for hydroxylation is 1. The first-order valence-electron chi connectivity index (χ1n) is 9.69. The Labute approximate surface area is 165 Å². The lowest BCUT2D eigenvalue weighted by atomic mass is 10.0. The second kappa shape index (κ2) is 8.78. The molecule has 146 valence electrons. The lowest BCUT2D eigenvalue weighted by molar-refractivity contribution is 0.0697. The van der Waals surface area contributed by atoms with Crippen molar-refractivity contribution in [1.29, 1.82) is 0 Å². The Morgan fingerprint density at radius 3 is 2.57 bits per heavy atom. The fourth-order valence-corrected chi connectivity index (χ4v) is 3.06. The fraction of sp³-hybridized carbons (Fsp3) is 0.364. The highest BCUT2D eigenvalue weighted by Crippen LogP contribution is 2.24. The van der Waals surface area contributed by atoms with Gasteiger partial charge in [-0.05, 0) is 23.6 Å². The van der Waals surface area contributed by atoms with Crippen molar-refractivity contribution >= 4 is 5.97 Å². The highest BCUT2D eigenvalue weighted by Gasteiger charge is 2.14. The summed E-state index contributed by atoms with van der Waals surface area (Å²) < 4.78 is 1.99. The molecule has 3 aromatic rings. The maximum Gasteiger partial charge on any atom is 0.336 e. The van der Waals surface area contributed by atoms with Crippen molar-refractivity contribution in [2.45, 2.75) is 52.5 Å². The van der Waals surface area contributed by atoms with Gasteiger partial charge in [-0.2, -0.15) is 5.10 Å². The molecule has 6 nitrogen and oxygen atoms in total. The minimum Gasteiger partial charge on any atom is -0.478 e. The first-order chi connectivity index (χ1) is 13.5. The SMILES string of the molecule is CCCCc1nc(C(C)C)nn1Cc1ccc(-c2cnccc2C(=O)O)cc1. The molecule has 1 aromatic carbocycles. The molecule has 3 rings (SSSR count). The molecule has 0 saturated carbocycles. The third-order valence-corrected chi connectivity index (χ3v) is 4.68. The number of aromatic carboxylic acids is 1. The molecule has 1 N–H and O–H groups in total. The number of rotatable bonds is 8. The van der Waals surface area contributed by atoms with E-state index < -0.39 is 5.97 Å². The molecule has 0 amide bonds. The van der Waals surface area contributed by atoms with Crippen LogP contribution in [0.3, 0.4) is 0 Å². The lowest BCUT2D eigenvalue weighted by Crippen LogP contribution is -2.07. The average Bonchev–Trinajstić information content (AvgIpc) is 3.10. The van der Waals surface area contributed by atoms with E-state index in [2.05, 4.69) is 25.8 Å². The Balaban J connectivity index is 1.84. The van der Waals surface area contributed by atoms with Crippen molar-refractivity contribution < 1.29 is 9.90 Å². The topological polar surface area (TPSA) is 80.9 Å². The normalized spacial score (nSPS) is 11.1. The summed E-state index contributed by atoms with van der Waals surface area (Å²) in [5.41, 5.74) is 2.81. The molecule has 0 aliphatic rings. The van der Waals surface area contributed by atoms with Crippen LogP contribution in [0.25, 0.3) is 11.1 Å². The highest BCUT2D eigenvalue weighted by molar-refractivity contribution is 5.95.